The summed E-state index contributed by atoms with van der Waals surface area (Å²) in [6.07, 6.45) is 0.390. The fraction of sp³-hybridized carbons (Fsp3) is 0.167. The molecule has 0 bridgehead atoms. The Kier molecular flexibility index (Phi) is 6.63. The molecule has 5 nitrogen and oxygen atoms in total. The minimum absolute atomic E-state index is 0.0822. The van der Waals surface area contributed by atoms with Crippen LogP contribution in [0, 0.1) is 0 Å². The van der Waals surface area contributed by atoms with Crippen LogP contribution in [0.5, 0.6) is 5.75 Å². The second-order valence-corrected chi connectivity index (χ2v) is 6.72. The molecule has 0 unspecified atom stereocenters. The number of carbonyl (C=O) groups is 2. The van der Waals surface area contributed by atoms with Crippen LogP contribution in [0.1, 0.15) is 29.5 Å². The first-order valence-corrected chi connectivity index (χ1v) is 9.41. The minimum Gasteiger partial charge on any atom is -0.481 e. The van der Waals surface area contributed by atoms with E-state index in [-0.39, 0.29) is 12.2 Å². The molecule has 0 aliphatic carbocycles. The normalized spacial score (nSPS) is 10.5. The molecule has 0 aliphatic rings. The maximum absolute atomic E-state index is 11.3. The molecule has 0 aromatic heterocycles. The number of carboxylic acids is 1. The average Bonchev–Trinajstić information content (AvgIpc) is 2.70. The molecule has 2 N–H and O–H groups in total. The first kappa shape index (κ1) is 20.1. The monoisotopic (exact) mass is 390 g/mol. The van der Waals surface area contributed by atoms with Crippen LogP contribution < -0.4 is 4.74 Å². The fourth-order valence-corrected chi connectivity index (χ4v) is 3.44. The topological polar surface area (TPSA) is 83.8 Å². The van der Waals surface area contributed by atoms with E-state index >= 15 is 0 Å². The van der Waals surface area contributed by atoms with Crippen LogP contribution in [0.25, 0.3) is 11.1 Å². The summed E-state index contributed by atoms with van der Waals surface area (Å²) in [7, 11) is 0. The molecule has 3 aromatic carbocycles. The van der Waals surface area contributed by atoms with Crippen LogP contribution in [0.2, 0.25) is 0 Å². The van der Waals surface area contributed by atoms with Gasteiger partial charge in [-0.15, -0.1) is 0 Å². The Hall–Kier alpha value is -3.60. The number of ether oxygens (including phenoxy) is 1. The van der Waals surface area contributed by atoms with Gasteiger partial charge < -0.3 is 14.9 Å². The first-order valence-electron chi connectivity index (χ1n) is 9.41. The molecule has 0 aliphatic heterocycles. The van der Waals surface area contributed by atoms with Crippen molar-refractivity contribution < 1.29 is 24.5 Å². The lowest BCUT2D eigenvalue weighted by Crippen LogP contribution is -2.08. The van der Waals surface area contributed by atoms with E-state index in [0.29, 0.717) is 19.3 Å². The Morgan fingerprint density at radius 3 is 2.10 bits per heavy atom. The van der Waals surface area contributed by atoms with Gasteiger partial charge in [-0.3, -0.25) is 4.79 Å². The summed E-state index contributed by atoms with van der Waals surface area (Å²) in [6.45, 7) is 0. The van der Waals surface area contributed by atoms with Gasteiger partial charge in [0.1, 0.15) is 5.75 Å². The van der Waals surface area contributed by atoms with Gasteiger partial charge in [0.2, 0.25) is 0 Å². The number of benzene rings is 3. The molecule has 0 heterocycles. The summed E-state index contributed by atoms with van der Waals surface area (Å²) in [5.74, 6) is -0.555. The van der Waals surface area contributed by atoms with Crippen molar-refractivity contribution in [2.24, 2.45) is 0 Å². The maximum atomic E-state index is 11.3. The van der Waals surface area contributed by atoms with E-state index in [9.17, 15) is 14.7 Å². The van der Waals surface area contributed by atoms with E-state index in [1.807, 2.05) is 66.7 Å². The second kappa shape index (κ2) is 9.55. The quantitative estimate of drug-likeness (QED) is 0.397. The van der Waals surface area contributed by atoms with E-state index in [4.69, 9.17) is 9.84 Å². The van der Waals surface area contributed by atoms with Crippen molar-refractivity contribution in [3.63, 3.8) is 0 Å². The van der Waals surface area contributed by atoms with Gasteiger partial charge in [0.15, 0.2) is 0 Å². The zero-order valence-corrected chi connectivity index (χ0v) is 15.9. The number of rotatable bonds is 8. The van der Waals surface area contributed by atoms with Crippen LogP contribution in [0.3, 0.4) is 0 Å². The summed E-state index contributed by atoms with van der Waals surface area (Å²) in [5.41, 5.74) is 4.61. The first-order chi connectivity index (χ1) is 14.0. The molecule has 0 radical (unpaired) electrons. The number of hydrogen-bond acceptors (Lipinski definition) is 3. The SMILES string of the molecule is O=C(O)CCCc1ccc(OC(=O)O)c(-c2ccccc2)c1Cc1ccccc1. The van der Waals surface area contributed by atoms with Gasteiger partial charge in [-0.25, -0.2) is 4.79 Å². The Labute approximate surface area is 169 Å². The Morgan fingerprint density at radius 2 is 1.48 bits per heavy atom. The van der Waals surface area contributed by atoms with Gasteiger partial charge in [0.25, 0.3) is 0 Å². The zero-order chi connectivity index (χ0) is 20.6. The number of hydrogen-bond donors (Lipinski definition) is 2. The van der Waals surface area contributed by atoms with E-state index in [0.717, 1.165) is 27.8 Å². The predicted octanol–water partition coefficient (Wildman–Crippen LogP) is 5.41. The molecule has 5 heteroatoms. The highest BCUT2D eigenvalue weighted by Crippen LogP contribution is 2.37. The predicted molar refractivity (Wildman–Crippen MR) is 110 cm³/mol. The molecule has 29 heavy (non-hydrogen) atoms. The van der Waals surface area contributed by atoms with Gasteiger partial charge in [-0.2, -0.15) is 0 Å². The molecular formula is C24H22O5. The van der Waals surface area contributed by atoms with Gasteiger partial charge in [-0.1, -0.05) is 66.7 Å². The molecule has 0 saturated heterocycles. The van der Waals surface area contributed by atoms with Crippen LogP contribution in [0.15, 0.2) is 72.8 Å². The second-order valence-electron chi connectivity index (χ2n) is 6.72. The summed E-state index contributed by atoms with van der Waals surface area (Å²) >= 11 is 0. The minimum atomic E-state index is -1.37. The van der Waals surface area contributed by atoms with Gasteiger partial charge in [-0.05, 0) is 47.6 Å². The van der Waals surface area contributed by atoms with Crippen molar-refractivity contribution in [2.75, 3.05) is 0 Å². The zero-order valence-electron chi connectivity index (χ0n) is 15.9. The summed E-state index contributed by atoms with van der Waals surface area (Å²) < 4.78 is 5.10. The number of aryl methyl sites for hydroxylation is 1. The third-order valence-electron chi connectivity index (χ3n) is 4.69. The van der Waals surface area contributed by atoms with E-state index in [1.165, 1.54) is 0 Å². The molecule has 0 atom stereocenters. The largest absolute Gasteiger partial charge is 0.511 e. The maximum Gasteiger partial charge on any atom is 0.511 e. The van der Waals surface area contributed by atoms with Crippen molar-refractivity contribution in [1.29, 1.82) is 0 Å². The molecule has 0 saturated carbocycles. The summed E-state index contributed by atoms with van der Waals surface area (Å²) in [6, 6.07) is 22.9. The van der Waals surface area contributed by atoms with Crippen molar-refractivity contribution >= 4 is 12.1 Å². The number of carboxylic acid groups (broad SMARTS) is 2. The molecule has 0 spiro atoms. The highest BCUT2D eigenvalue weighted by Gasteiger charge is 2.18. The molecule has 148 valence electrons. The van der Waals surface area contributed by atoms with Crippen molar-refractivity contribution in [3.05, 3.63) is 89.5 Å². The van der Waals surface area contributed by atoms with Crippen LogP contribution in [0.4, 0.5) is 4.79 Å². The highest BCUT2D eigenvalue weighted by molar-refractivity contribution is 5.78. The summed E-state index contributed by atoms with van der Waals surface area (Å²) in [4.78, 5) is 22.2. The van der Waals surface area contributed by atoms with Crippen molar-refractivity contribution in [1.82, 2.24) is 0 Å². The lowest BCUT2D eigenvalue weighted by molar-refractivity contribution is -0.137. The Bertz CT molecular complexity index is 981. The van der Waals surface area contributed by atoms with Crippen LogP contribution >= 0.6 is 0 Å². The van der Waals surface area contributed by atoms with Crippen molar-refractivity contribution in [2.45, 2.75) is 25.7 Å². The third-order valence-corrected chi connectivity index (χ3v) is 4.69. The average molecular weight is 390 g/mol. The van der Waals surface area contributed by atoms with E-state index in [2.05, 4.69) is 0 Å². The Morgan fingerprint density at radius 1 is 0.828 bits per heavy atom. The van der Waals surface area contributed by atoms with Gasteiger partial charge in [0, 0.05) is 12.0 Å². The lowest BCUT2D eigenvalue weighted by atomic mass is 9.88. The van der Waals surface area contributed by atoms with Crippen molar-refractivity contribution in [3.8, 4) is 16.9 Å². The van der Waals surface area contributed by atoms with E-state index < -0.39 is 12.1 Å². The molecular weight excluding hydrogens is 368 g/mol. The lowest BCUT2D eigenvalue weighted by Gasteiger charge is -2.19. The van der Waals surface area contributed by atoms with Crippen LogP contribution in [-0.4, -0.2) is 22.3 Å². The molecule has 3 aromatic rings. The molecule has 0 amide bonds. The number of aliphatic carboxylic acids is 1. The Balaban J connectivity index is 2.13. The third kappa shape index (κ3) is 5.45. The van der Waals surface area contributed by atoms with Gasteiger partial charge >= 0.3 is 12.1 Å². The van der Waals surface area contributed by atoms with E-state index in [1.54, 1.807) is 6.07 Å². The smallest absolute Gasteiger partial charge is 0.481 e. The fourth-order valence-electron chi connectivity index (χ4n) is 3.44. The summed E-state index contributed by atoms with van der Waals surface area (Å²) in [5, 5.41) is 18.2. The molecule has 0 fully saturated rings. The standard InChI is InChI=1S/C24H22O5/c25-22(26)13-7-12-18-14-15-21(29-24(27)28)23(19-10-5-2-6-11-19)20(18)16-17-8-3-1-4-9-17/h1-6,8-11,14-15H,7,12-13,16H2,(H,25,26)(H,27,28). The van der Waals surface area contributed by atoms with Gasteiger partial charge in [0.05, 0.1) is 0 Å². The highest BCUT2D eigenvalue weighted by atomic mass is 16.7. The van der Waals surface area contributed by atoms with Crippen LogP contribution in [-0.2, 0) is 17.6 Å². The molecule has 3 rings (SSSR count).